The van der Waals surface area contributed by atoms with Crippen LogP contribution in [0.1, 0.15) is 19.3 Å². The van der Waals surface area contributed by atoms with Crippen LogP contribution in [0, 0.1) is 5.82 Å². The highest BCUT2D eigenvalue weighted by Gasteiger charge is 2.33. The third-order valence-corrected chi connectivity index (χ3v) is 5.80. The van der Waals surface area contributed by atoms with E-state index in [0.717, 1.165) is 6.54 Å². The van der Waals surface area contributed by atoms with Gasteiger partial charge in [-0.25, -0.2) is 9.18 Å². The molecule has 1 amide bonds. The lowest BCUT2D eigenvalue weighted by molar-refractivity contribution is 0.132. The predicted octanol–water partition coefficient (Wildman–Crippen LogP) is 2.29. The molecule has 3 aliphatic rings. The molecule has 0 unspecified atom stereocenters. The summed E-state index contributed by atoms with van der Waals surface area (Å²) >= 11 is 4.91. The molecule has 0 radical (unpaired) electrons. The summed E-state index contributed by atoms with van der Waals surface area (Å²) in [6, 6.07) is 5.29. The van der Waals surface area contributed by atoms with E-state index in [1.165, 1.54) is 37.3 Å². The summed E-state index contributed by atoms with van der Waals surface area (Å²) in [4.78, 5) is 15.4. The number of nitrogens with one attached hydrogen (secondary N) is 1. The van der Waals surface area contributed by atoms with E-state index >= 15 is 0 Å². The summed E-state index contributed by atoms with van der Waals surface area (Å²) in [5.74, 6) is -0.402. The number of cyclic esters (lactones) is 1. The normalized spacial score (nSPS) is 21.8. The minimum Gasteiger partial charge on any atom is -0.474 e. The molecule has 1 aromatic carbocycles. The van der Waals surface area contributed by atoms with E-state index in [0.29, 0.717) is 37.1 Å². The fourth-order valence-electron chi connectivity index (χ4n) is 3.60. The van der Waals surface area contributed by atoms with Crippen LogP contribution in [0.2, 0.25) is 0 Å². The molecule has 1 saturated carbocycles. The van der Waals surface area contributed by atoms with Crippen molar-refractivity contribution in [2.24, 2.45) is 5.10 Å². The van der Waals surface area contributed by atoms with Crippen molar-refractivity contribution in [3.8, 4) is 0 Å². The van der Waals surface area contributed by atoms with Crippen LogP contribution in [0.4, 0.5) is 20.6 Å². The lowest BCUT2D eigenvalue weighted by Crippen LogP contribution is -2.45. The molecule has 0 aromatic heterocycles. The number of anilines is 2. The van der Waals surface area contributed by atoms with Gasteiger partial charge in [0.1, 0.15) is 18.3 Å². The Morgan fingerprint density at radius 1 is 1.41 bits per heavy atom. The average molecular weight is 421 g/mol. The van der Waals surface area contributed by atoms with Crippen molar-refractivity contribution >= 4 is 41.2 Å². The van der Waals surface area contributed by atoms with Crippen molar-refractivity contribution in [1.82, 2.24) is 10.3 Å². The number of nitrogens with zero attached hydrogens (tertiary/aromatic N) is 4. The maximum absolute atomic E-state index is 14.8. The van der Waals surface area contributed by atoms with Crippen LogP contribution in [0.5, 0.6) is 0 Å². The van der Waals surface area contributed by atoms with Crippen LogP contribution in [0.15, 0.2) is 23.3 Å². The van der Waals surface area contributed by atoms with E-state index in [1.54, 1.807) is 23.4 Å². The average Bonchev–Trinajstić information content (AvgIpc) is 3.06. The molecule has 4 rings (SSSR count). The van der Waals surface area contributed by atoms with E-state index in [4.69, 9.17) is 21.7 Å². The number of benzene rings is 1. The van der Waals surface area contributed by atoms with Gasteiger partial charge in [0.2, 0.25) is 0 Å². The molecule has 156 valence electrons. The molecule has 1 saturated heterocycles. The zero-order valence-electron chi connectivity index (χ0n) is 16.2. The van der Waals surface area contributed by atoms with Crippen LogP contribution in [-0.4, -0.2) is 68.0 Å². The Kier molecular flexibility index (Phi) is 5.70. The molecule has 2 fully saturated rings. The lowest BCUT2D eigenvalue weighted by Gasteiger charge is -2.39. The summed E-state index contributed by atoms with van der Waals surface area (Å²) < 4.78 is 25.0. The molecule has 0 bridgehead atoms. The second-order valence-corrected chi connectivity index (χ2v) is 7.67. The van der Waals surface area contributed by atoms with Crippen LogP contribution in [0.3, 0.4) is 0 Å². The highest BCUT2D eigenvalue weighted by molar-refractivity contribution is 7.80. The van der Waals surface area contributed by atoms with Gasteiger partial charge < -0.3 is 19.7 Å². The fourth-order valence-corrected chi connectivity index (χ4v) is 3.69. The van der Waals surface area contributed by atoms with Gasteiger partial charge in [-0.3, -0.25) is 9.91 Å². The number of amides is 1. The lowest BCUT2D eigenvalue weighted by atomic mass is 9.92. The smallest absolute Gasteiger partial charge is 0.414 e. The first-order valence-electron chi connectivity index (χ1n) is 9.72. The number of carbonyl (C=O) groups is 1. The Morgan fingerprint density at radius 3 is 2.86 bits per heavy atom. The molecule has 29 heavy (non-hydrogen) atoms. The van der Waals surface area contributed by atoms with Crippen LogP contribution in [-0.2, 0) is 9.47 Å². The molecular weight excluding hydrogens is 397 g/mol. The highest BCUT2D eigenvalue weighted by Crippen LogP contribution is 2.30. The standard InChI is InChI=1S/C19H24FN5O3S/c1-27-18(29)21-10-15-11-24(19(26)28-15)14-5-6-17(16(20)9-14)23-7-8-25(22-12-23)13-3-2-4-13/h5-6,9,12-13,15H,2-4,7-8,10-11H2,1H3,(H,21,29)/t15-/m0/s1. The number of hydrogen-bond donors (Lipinski definition) is 1. The molecule has 0 spiro atoms. The molecule has 2 heterocycles. The van der Waals surface area contributed by atoms with Gasteiger partial charge in [0.15, 0.2) is 0 Å². The van der Waals surface area contributed by atoms with Crippen LogP contribution in [0.25, 0.3) is 0 Å². The zero-order valence-corrected chi connectivity index (χ0v) is 17.0. The molecule has 1 N–H and O–H groups in total. The second kappa shape index (κ2) is 8.40. The number of thiocarbonyl (C=S) groups is 1. The molecule has 2 aliphatic heterocycles. The Hall–Kier alpha value is -2.62. The number of methoxy groups -OCH3 is 1. The van der Waals surface area contributed by atoms with Gasteiger partial charge in [-0.1, -0.05) is 0 Å². The molecule has 10 heteroatoms. The van der Waals surface area contributed by atoms with Crippen molar-refractivity contribution in [2.45, 2.75) is 31.4 Å². The van der Waals surface area contributed by atoms with Crippen molar-refractivity contribution in [3.63, 3.8) is 0 Å². The van der Waals surface area contributed by atoms with Crippen molar-refractivity contribution in [1.29, 1.82) is 0 Å². The van der Waals surface area contributed by atoms with Crippen molar-refractivity contribution in [2.75, 3.05) is 43.1 Å². The van der Waals surface area contributed by atoms with Gasteiger partial charge in [-0.05, 0) is 49.7 Å². The maximum atomic E-state index is 14.8. The molecule has 8 nitrogen and oxygen atoms in total. The molecular formula is C19H24FN5O3S. The maximum Gasteiger partial charge on any atom is 0.414 e. The van der Waals surface area contributed by atoms with E-state index < -0.39 is 18.0 Å². The molecule has 1 aromatic rings. The minimum absolute atomic E-state index is 0.231. The van der Waals surface area contributed by atoms with Gasteiger partial charge >= 0.3 is 6.09 Å². The summed E-state index contributed by atoms with van der Waals surface area (Å²) in [5, 5.41) is 9.65. The first kappa shape index (κ1) is 19.7. The largest absolute Gasteiger partial charge is 0.474 e. The molecule has 1 aliphatic carbocycles. The van der Waals surface area contributed by atoms with Gasteiger partial charge in [0, 0.05) is 12.6 Å². The summed E-state index contributed by atoms with van der Waals surface area (Å²) in [7, 11) is 1.46. The summed E-state index contributed by atoms with van der Waals surface area (Å²) in [6.07, 6.45) is 4.39. The third kappa shape index (κ3) is 4.21. The first-order valence-corrected chi connectivity index (χ1v) is 10.1. The van der Waals surface area contributed by atoms with E-state index in [-0.39, 0.29) is 5.17 Å². The predicted molar refractivity (Wildman–Crippen MR) is 112 cm³/mol. The van der Waals surface area contributed by atoms with E-state index in [1.807, 2.05) is 0 Å². The summed E-state index contributed by atoms with van der Waals surface area (Å²) in [6.45, 7) is 2.09. The number of halogens is 1. The quantitative estimate of drug-likeness (QED) is 0.732. The topological polar surface area (TPSA) is 69.6 Å². The van der Waals surface area contributed by atoms with Gasteiger partial charge in [0.05, 0.1) is 38.1 Å². The minimum atomic E-state index is -0.511. The van der Waals surface area contributed by atoms with E-state index in [2.05, 4.69) is 15.4 Å². The number of carbonyl (C=O) groups excluding carboxylic acids is 1. The Labute approximate surface area is 174 Å². The monoisotopic (exact) mass is 421 g/mol. The van der Waals surface area contributed by atoms with Crippen molar-refractivity contribution in [3.05, 3.63) is 24.0 Å². The van der Waals surface area contributed by atoms with Crippen LogP contribution >= 0.6 is 12.2 Å². The number of ether oxygens (including phenoxy) is 2. The van der Waals surface area contributed by atoms with Gasteiger partial charge in [-0.2, -0.15) is 5.10 Å². The van der Waals surface area contributed by atoms with Crippen molar-refractivity contribution < 1.29 is 18.7 Å². The Morgan fingerprint density at radius 2 is 2.24 bits per heavy atom. The number of hydrazone groups is 1. The second-order valence-electron chi connectivity index (χ2n) is 7.30. The SMILES string of the molecule is COC(=S)NC[C@H]1CN(c2ccc(N3C=NN(C4CCC4)CC3)c(F)c2)C(=O)O1. The molecule has 1 atom stereocenters. The Balaban J connectivity index is 1.40. The first-order chi connectivity index (χ1) is 14.0. The third-order valence-electron chi connectivity index (χ3n) is 5.49. The highest BCUT2D eigenvalue weighted by atomic mass is 32.1. The number of hydrogen-bond acceptors (Lipinski definition) is 7. The van der Waals surface area contributed by atoms with E-state index in [9.17, 15) is 9.18 Å². The Bertz CT molecular complexity index is 819. The van der Waals surface area contributed by atoms with Crippen LogP contribution < -0.4 is 15.1 Å². The number of rotatable bonds is 5. The zero-order chi connectivity index (χ0) is 20.4. The summed E-state index contributed by atoms with van der Waals surface area (Å²) in [5.41, 5.74) is 0.903. The fraction of sp³-hybridized carbons (Fsp3) is 0.526. The van der Waals surface area contributed by atoms with Gasteiger partial charge in [-0.15, -0.1) is 0 Å². The van der Waals surface area contributed by atoms with Gasteiger partial charge in [0.25, 0.3) is 5.17 Å².